The van der Waals surface area contributed by atoms with Crippen molar-refractivity contribution >= 4 is 11.0 Å². The lowest BCUT2D eigenvalue weighted by Gasteiger charge is -2.17. The summed E-state index contributed by atoms with van der Waals surface area (Å²) in [5, 5.41) is 1.13. The number of fused-ring (bicyclic) bond motifs is 1. The normalized spacial score (nSPS) is 11.5. The van der Waals surface area contributed by atoms with Crippen LogP contribution in [0.1, 0.15) is 5.56 Å². The maximum absolute atomic E-state index is 5.37. The van der Waals surface area contributed by atoms with E-state index in [1.165, 1.54) is 0 Å². The number of pyridine rings is 1. The molecule has 2 heterocycles. The third-order valence-electron chi connectivity index (χ3n) is 3.80. The Balaban J connectivity index is 2.17. The van der Waals surface area contributed by atoms with E-state index in [1.54, 1.807) is 14.2 Å². The molecule has 2 aromatic heterocycles. The van der Waals surface area contributed by atoms with Crippen LogP contribution in [0.3, 0.4) is 0 Å². The van der Waals surface area contributed by atoms with E-state index in [0.717, 1.165) is 27.9 Å². The Bertz CT molecular complexity index is 761. The fraction of sp³-hybridized carbons (Fsp3) is 0.278. The van der Waals surface area contributed by atoms with Gasteiger partial charge in [0, 0.05) is 25.8 Å². The monoisotopic (exact) mass is 296 g/mol. The third kappa shape index (κ3) is 2.75. The Hall–Kier alpha value is -2.17. The molecule has 0 aliphatic carbocycles. The lowest BCUT2D eigenvalue weighted by Crippen LogP contribution is -2.21. The van der Waals surface area contributed by atoms with E-state index < -0.39 is 0 Å². The molecule has 4 heteroatoms. The highest BCUT2D eigenvalue weighted by Crippen LogP contribution is 2.28. The number of aryl methyl sites for hydroxylation is 1. The lowest BCUT2D eigenvalue weighted by atomic mass is 10.1. The summed E-state index contributed by atoms with van der Waals surface area (Å²) in [7, 11) is 3.30. The minimum absolute atomic E-state index is 0.304. The van der Waals surface area contributed by atoms with Crippen LogP contribution in [0.5, 0.6) is 0 Å². The van der Waals surface area contributed by atoms with Crippen molar-refractivity contribution in [2.45, 2.75) is 19.8 Å². The molecule has 0 N–H and O–H groups in total. The molecule has 0 radical (unpaired) electrons. The van der Waals surface area contributed by atoms with Crippen LogP contribution >= 0.6 is 0 Å². The van der Waals surface area contributed by atoms with Gasteiger partial charge >= 0.3 is 0 Å². The molecule has 0 saturated carbocycles. The van der Waals surface area contributed by atoms with Gasteiger partial charge in [-0.15, -0.1) is 0 Å². The molecule has 1 aromatic carbocycles. The van der Waals surface area contributed by atoms with Crippen molar-refractivity contribution in [2.24, 2.45) is 0 Å². The first-order chi connectivity index (χ1) is 10.7. The summed E-state index contributed by atoms with van der Waals surface area (Å²) in [4.78, 5) is 4.60. The van der Waals surface area contributed by atoms with Gasteiger partial charge in [0.15, 0.2) is 6.29 Å². The van der Waals surface area contributed by atoms with Crippen molar-refractivity contribution in [1.82, 2.24) is 9.55 Å². The predicted molar refractivity (Wildman–Crippen MR) is 87.7 cm³/mol. The van der Waals surface area contributed by atoms with Crippen molar-refractivity contribution in [1.29, 1.82) is 0 Å². The van der Waals surface area contributed by atoms with Crippen molar-refractivity contribution in [3.63, 3.8) is 0 Å². The average molecular weight is 296 g/mol. The quantitative estimate of drug-likeness (QED) is 0.675. The topological polar surface area (TPSA) is 36.3 Å². The summed E-state index contributed by atoms with van der Waals surface area (Å²) < 4.78 is 12.9. The van der Waals surface area contributed by atoms with Crippen LogP contribution in [0, 0.1) is 6.92 Å². The number of hydrogen-bond acceptors (Lipinski definition) is 3. The number of aromatic nitrogens is 2. The zero-order chi connectivity index (χ0) is 15.5. The molecule has 114 valence electrons. The fourth-order valence-corrected chi connectivity index (χ4v) is 2.68. The number of methoxy groups -OCH3 is 2. The summed E-state index contributed by atoms with van der Waals surface area (Å²) in [6.45, 7) is 2.65. The molecule has 3 rings (SSSR count). The zero-order valence-electron chi connectivity index (χ0n) is 13.1. The summed E-state index contributed by atoms with van der Waals surface area (Å²) >= 11 is 0. The van der Waals surface area contributed by atoms with Gasteiger partial charge in [0.25, 0.3) is 0 Å². The average Bonchev–Trinajstić information content (AvgIpc) is 2.90. The van der Waals surface area contributed by atoms with Gasteiger partial charge in [-0.3, -0.25) is 0 Å². The second-order valence-electron chi connectivity index (χ2n) is 5.33. The Morgan fingerprint density at radius 2 is 1.82 bits per heavy atom. The second kappa shape index (κ2) is 6.30. The molecule has 0 bridgehead atoms. The summed E-state index contributed by atoms with van der Waals surface area (Å²) in [6.07, 6.45) is 1.59. The maximum Gasteiger partial charge on any atom is 0.174 e. The van der Waals surface area contributed by atoms with E-state index in [0.29, 0.717) is 6.54 Å². The van der Waals surface area contributed by atoms with Gasteiger partial charge in [-0.1, -0.05) is 30.3 Å². The molecular weight excluding hydrogens is 276 g/mol. The highest BCUT2D eigenvalue weighted by Gasteiger charge is 2.15. The number of nitrogens with zero attached hydrogens (tertiary/aromatic N) is 2. The summed E-state index contributed by atoms with van der Waals surface area (Å²) in [5.41, 5.74) is 4.37. The van der Waals surface area contributed by atoms with Crippen LogP contribution in [0.25, 0.3) is 22.3 Å². The van der Waals surface area contributed by atoms with Gasteiger partial charge in [0.05, 0.1) is 12.2 Å². The standard InChI is InChI=1S/C18H20N2O2/c1-13-9-15-10-16(14-7-5-4-6-8-14)20(18(15)19-11-13)12-17(21-2)22-3/h4-11,17H,12H2,1-3H3. The van der Waals surface area contributed by atoms with E-state index in [2.05, 4.69) is 40.7 Å². The maximum atomic E-state index is 5.37. The van der Waals surface area contributed by atoms with E-state index in [4.69, 9.17) is 9.47 Å². The minimum Gasteiger partial charge on any atom is -0.354 e. The smallest absolute Gasteiger partial charge is 0.174 e. The molecule has 22 heavy (non-hydrogen) atoms. The molecule has 4 nitrogen and oxygen atoms in total. The van der Waals surface area contributed by atoms with Crippen LogP contribution in [0.4, 0.5) is 0 Å². The second-order valence-corrected chi connectivity index (χ2v) is 5.33. The molecule has 0 saturated heterocycles. The Morgan fingerprint density at radius 1 is 1.09 bits per heavy atom. The van der Waals surface area contributed by atoms with Crippen molar-refractivity contribution in [3.05, 3.63) is 54.2 Å². The zero-order valence-corrected chi connectivity index (χ0v) is 13.1. The molecule has 3 aromatic rings. The first kappa shape index (κ1) is 14.8. The summed E-state index contributed by atoms with van der Waals surface area (Å²) in [6, 6.07) is 14.6. The van der Waals surface area contributed by atoms with Crippen LogP contribution < -0.4 is 0 Å². The molecule has 0 amide bonds. The number of benzene rings is 1. The molecule has 0 spiro atoms. The van der Waals surface area contributed by atoms with Gasteiger partial charge in [-0.2, -0.15) is 0 Å². The predicted octanol–water partition coefficient (Wildman–Crippen LogP) is 3.63. The van der Waals surface area contributed by atoms with E-state index in [-0.39, 0.29) is 6.29 Å². The van der Waals surface area contributed by atoms with Crippen molar-refractivity contribution in [3.8, 4) is 11.3 Å². The number of ether oxygens (including phenoxy) is 2. The van der Waals surface area contributed by atoms with Crippen LogP contribution in [-0.2, 0) is 16.0 Å². The molecule has 0 aliphatic heterocycles. The van der Waals surface area contributed by atoms with Gasteiger partial charge in [0.1, 0.15) is 5.65 Å². The van der Waals surface area contributed by atoms with Crippen LogP contribution in [0.2, 0.25) is 0 Å². The summed E-state index contributed by atoms with van der Waals surface area (Å²) in [5.74, 6) is 0. The van der Waals surface area contributed by atoms with Gasteiger partial charge < -0.3 is 14.0 Å². The van der Waals surface area contributed by atoms with Crippen LogP contribution in [-0.4, -0.2) is 30.1 Å². The molecule has 0 atom stereocenters. The van der Waals surface area contributed by atoms with Crippen LogP contribution in [0.15, 0.2) is 48.7 Å². The Morgan fingerprint density at radius 3 is 2.50 bits per heavy atom. The molecule has 0 unspecified atom stereocenters. The first-order valence-corrected chi connectivity index (χ1v) is 7.30. The number of hydrogen-bond donors (Lipinski definition) is 0. The van der Waals surface area contributed by atoms with Crippen molar-refractivity contribution in [2.75, 3.05) is 14.2 Å². The van der Waals surface area contributed by atoms with E-state index in [9.17, 15) is 0 Å². The third-order valence-corrected chi connectivity index (χ3v) is 3.80. The molecule has 0 aliphatic rings. The Labute approximate surface area is 130 Å². The lowest BCUT2D eigenvalue weighted by molar-refractivity contribution is -0.110. The minimum atomic E-state index is -0.304. The molecule has 0 fully saturated rings. The van der Waals surface area contributed by atoms with E-state index in [1.807, 2.05) is 24.4 Å². The SMILES string of the molecule is COC(Cn1c(-c2ccccc2)cc2cc(C)cnc21)OC. The first-order valence-electron chi connectivity index (χ1n) is 7.30. The number of rotatable bonds is 5. The van der Waals surface area contributed by atoms with Gasteiger partial charge in [0.2, 0.25) is 0 Å². The Kier molecular flexibility index (Phi) is 4.22. The largest absolute Gasteiger partial charge is 0.354 e. The van der Waals surface area contributed by atoms with Gasteiger partial charge in [-0.25, -0.2) is 4.98 Å². The highest BCUT2D eigenvalue weighted by molar-refractivity contribution is 5.84. The van der Waals surface area contributed by atoms with Crippen molar-refractivity contribution < 1.29 is 9.47 Å². The highest BCUT2D eigenvalue weighted by atomic mass is 16.7. The fourth-order valence-electron chi connectivity index (χ4n) is 2.68. The van der Waals surface area contributed by atoms with Gasteiger partial charge in [-0.05, 0) is 30.2 Å². The molecular formula is C18H20N2O2. The van der Waals surface area contributed by atoms with E-state index >= 15 is 0 Å².